The lowest BCUT2D eigenvalue weighted by atomic mass is 10.1. The summed E-state index contributed by atoms with van der Waals surface area (Å²) in [6.07, 6.45) is 5.09. The van der Waals surface area contributed by atoms with E-state index in [9.17, 15) is 0 Å². The Morgan fingerprint density at radius 1 is 1.00 bits per heavy atom. The second kappa shape index (κ2) is 7.28. The van der Waals surface area contributed by atoms with Crippen molar-refractivity contribution in [3.8, 4) is 22.9 Å². The van der Waals surface area contributed by atoms with Gasteiger partial charge >= 0.3 is 6.01 Å². The Morgan fingerprint density at radius 3 is 2.59 bits per heavy atom. The number of nitrogens with zero attached hydrogens (tertiary/aromatic N) is 5. The molecule has 136 valence electrons. The summed E-state index contributed by atoms with van der Waals surface area (Å²) in [5.41, 5.74) is 3.51. The van der Waals surface area contributed by atoms with Gasteiger partial charge in [0, 0.05) is 35.6 Å². The van der Waals surface area contributed by atoms with Crippen LogP contribution in [-0.2, 0) is 6.54 Å². The first-order valence-corrected chi connectivity index (χ1v) is 8.35. The summed E-state index contributed by atoms with van der Waals surface area (Å²) in [6.45, 7) is 0.613. The number of nitrogens with one attached hydrogen (secondary N) is 1. The number of rotatable bonds is 6. The molecule has 8 heteroatoms. The SMILES string of the molecule is COc1ncc(-c2ccc(NCc3ccccc3OC)n3cnnc23)cn1. The van der Waals surface area contributed by atoms with E-state index >= 15 is 0 Å². The lowest BCUT2D eigenvalue weighted by Crippen LogP contribution is -2.05. The van der Waals surface area contributed by atoms with Gasteiger partial charge in [0.2, 0.25) is 0 Å². The molecule has 0 saturated carbocycles. The van der Waals surface area contributed by atoms with Crippen LogP contribution in [0.4, 0.5) is 5.82 Å². The van der Waals surface area contributed by atoms with Crippen LogP contribution in [0.15, 0.2) is 55.1 Å². The maximum absolute atomic E-state index is 5.41. The lowest BCUT2D eigenvalue weighted by Gasteiger charge is -2.13. The predicted octanol–water partition coefficient (Wildman–Crippen LogP) is 2.82. The summed E-state index contributed by atoms with van der Waals surface area (Å²) in [6, 6.07) is 12.2. The second-order valence-electron chi connectivity index (χ2n) is 5.78. The monoisotopic (exact) mass is 362 g/mol. The first-order chi connectivity index (χ1) is 13.3. The Hall–Kier alpha value is -3.68. The van der Waals surface area contributed by atoms with Crippen molar-refractivity contribution in [3.63, 3.8) is 0 Å². The summed E-state index contributed by atoms with van der Waals surface area (Å²) in [7, 11) is 3.20. The number of fused-ring (bicyclic) bond motifs is 1. The normalized spacial score (nSPS) is 10.7. The molecule has 0 saturated heterocycles. The van der Waals surface area contributed by atoms with Gasteiger partial charge in [0.05, 0.1) is 14.2 Å². The minimum Gasteiger partial charge on any atom is -0.496 e. The third-order valence-corrected chi connectivity index (χ3v) is 4.23. The van der Waals surface area contributed by atoms with Crippen LogP contribution >= 0.6 is 0 Å². The van der Waals surface area contributed by atoms with Gasteiger partial charge in [-0.05, 0) is 18.2 Å². The van der Waals surface area contributed by atoms with Crippen LogP contribution in [0.25, 0.3) is 16.8 Å². The van der Waals surface area contributed by atoms with Crippen molar-refractivity contribution in [2.45, 2.75) is 6.54 Å². The van der Waals surface area contributed by atoms with Gasteiger partial charge in [0.25, 0.3) is 0 Å². The Balaban J connectivity index is 1.65. The first-order valence-electron chi connectivity index (χ1n) is 8.35. The number of methoxy groups -OCH3 is 2. The van der Waals surface area contributed by atoms with Gasteiger partial charge in [-0.15, -0.1) is 10.2 Å². The minimum absolute atomic E-state index is 0.325. The van der Waals surface area contributed by atoms with Gasteiger partial charge in [0.1, 0.15) is 17.9 Å². The molecule has 4 rings (SSSR count). The van der Waals surface area contributed by atoms with E-state index in [4.69, 9.17) is 9.47 Å². The number of aromatic nitrogens is 5. The Morgan fingerprint density at radius 2 is 1.81 bits per heavy atom. The zero-order valence-electron chi connectivity index (χ0n) is 15.0. The fraction of sp³-hybridized carbons (Fsp3) is 0.158. The van der Waals surface area contributed by atoms with Gasteiger partial charge in [-0.1, -0.05) is 18.2 Å². The van der Waals surface area contributed by atoms with Crippen LogP contribution in [0, 0.1) is 0 Å². The molecule has 0 unspecified atom stereocenters. The molecule has 0 amide bonds. The molecule has 3 aromatic heterocycles. The van der Waals surface area contributed by atoms with E-state index in [0.29, 0.717) is 18.2 Å². The molecule has 0 aliphatic carbocycles. The molecule has 0 aliphatic rings. The quantitative estimate of drug-likeness (QED) is 0.564. The highest BCUT2D eigenvalue weighted by atomic mass is 16.5. The highest BCUT2D eigenvalue weighted by Crippen LogP contribution is 2.26. The topological polar surface area (TPSA) is 86.5 Å². The van der Waals surface area contributed by atoms with Crippen LogP contribution in [-0.4, -0.2) is 38.8 Å². The van der Waals surface area contributed by atoms with Crippen LogP contribution < -0.4 is 14.8 Å². The first kappa shape index (κ1) is 16.8. The average Bonchev–Trinajstić information content (AvgIpc) is 3.22. The fourth-order valence-corrected chi connectivity index (χ4v) is 2.88. The molecule has 27 heavy (non-hydrogen) atoms. The van der Waals surface area contributed by atoms with Gasteiger partial charge in [0.15, 0.2) is 5.65 Å². The molecule has 0 spiro atoms. The fourth-order valence-electron chi connectivity index (χ4n) is 2.88. The highest BCUT2D eigenvalue weighted by Gasteiger charge is 2.11. The average molecular weight is 362 g/mol. The summed E-state index contributed by atoms with van der Waals surface area (Å²) in [4.78, 5) is 8.32. The van der Waals surface area contributed by atoms with Crippen molar-refractivity contribution in [1.82, 2.24) is 24.6 Å². The molecule has 4 aromatic rings. The molecular formula is C19H18N6O2. The Labute approximate surface area is 155 Å². The molecule has 0 radical (unpaired) electrons. The number of hydrogen-bond acceptors (Lipinski definition) is 7. The van der Waals surface area contributed by atoms with Crippen LogP contribution in [0.1, 0.15) is 5.56 Å². The number of anilines is 1. The van der Waals surface area contributed by atoms with E-state index in [-0.39, 0.29) is 0 Å². The number of ether oxygens (including phenoxy) is 2. The zero-order chi connectivity index (χ0) is 18.6. The number of benzene rings is 1. The van der Waals surface area contributed by atoms with Crippen molar-refractivity contribution in [2.75, 3.05) is 19.5 Å². The number of pyridine rings is 1. The summed E-state index contributed by atoms with van der Waals surface area (Å²) >= 11 is 0. The Bertz CT molecular complexity index is 1060. The minimum atomic E-state index is 0.325. The van der Waals surface area contributed by atoms with Crippen molar-refractivity contribution >= 4 is 11.5 Å². The molecule has 0 atom stereocenters. The van der Waals surface area contributed by atoms with Crippen molar-refractivity contribution < 1.29 is 9.47 Å². The summed E-state index contributed by atoms with van der Waals surface area (Å²) < 4.78 is 12.3. The van der Waals surface area contributed by atoms with Crippen LogP contribution in [0.3, 0.4) is 0 Å². The van der Waals surface area contributed by atoms with Crippen LogP contribution in [0.5, 0.6) is 11.8 Å². The maximum Gasteiger partial charge on any atom is 0.316 e. The van der Waals surface area contributed by atoms with Crippen molar-refractivity contribution in [2.24, 2.45) is 0 Å². The third-order valence-electron chi connectivity index (χ3n) is 4.23. The smallest absolute Gasteiger partial charge is 0.316 e. The standard InChI is InChI=1S/C19H18N6O2/c1-26-16-6-4-3-5-13(16)9-20-17-8-7-15(18-24-23-12-25(17)18)14-10-21-19(27-2)22-11-14/h3-8,10-12,20H,9H2,1-2H3. The van der Waals surface area contributed by atoms with E-state index in [1.165, 1.54) is 7.11 Å². The number of hydrogen-bond donors (Lipinski definition) is 1. The van der Waals surface area contributed by atoms with E-state index in [2.05, 4.69) is 25.5 Å². The van der Waals surface area contributed by atoms with Crippen molar-refractivity contribution in [3.05, 3.63) is 60.7 Å². The van der Waals surface area contributed by atoms with E-state index < -0.39 is 0 Å². The van der Waals surface area contributed by atoms with Gasteiger partial charge in [-0.25, -0.2) is 9.97 Å². The second-order valence-corrected chi connectivity index (χ2v) is 5.78. The molecule has 0 bridgehead atoms. The van der Waals surface area contributed by atoms with Gasteiger partial charge < -0.3 is 14.8 Å². The lowest BCUT2D eigenvalue weighted by molar-refractivity contribution is 0.380. The van der Waals surface area contributed by atoms with Crippen molar-refractivity contribution in [1.29, 1.82) is 0 Å². The largest absolute Gasteiger partial charge is 0.496 e. The molecular weight excluding hydrogens is 344 g/mol. The predicted molar refractivity (Wildman–Crippen MR) is 101 cm³/mol. The highest BCUT2D eigenvalue weighted by molar-refractivity contribution is 5.78. The van der Waals surface area contributed by atoms with Gasteiger partial charge in [-0.3, -0.25) is 4.40 Å². The van der Waals surface area contributed by atoms with E-state index in [1.54, 1.807) is 25.8 Å². The molecule has 8 nitrogen and oxygen atoms in total. The number of para-hydroxylation sites is 1. The molecule has 1 N–H and O–H groups in total. The third kappa shape index (κ3) is 3.24. The molecule has 0 fully saturated rings. The zero-order valence-corrected chi connectivity index (χ0v) is 15.0. The summed E-state index contributed by atoms with van der Waals surface area (Å²) in [5.74, 6) is 1.72. The Kier molecular flexibility index (Phi) is 4.52. The summed E-state index contributed by atoms with van der Waals surface area (Å²) in [5, 5.41) is 11.7. The molecule has 1 aromatic carbocycles. The van der Waals surface area contributed by atoms with E-state index in [1.807, 2.05) is 40.8 Å². The van der Waals surface area contributed by atoms with E-state index in [0.717, 1.165) is 28.3 Å². The van der Waals surface area contributed by atoms with Gasteiger partial charge in [-0.2, -0.15) is 0 Å². The maximum atomic E-state index is 5.41. The van der Waals surface area contributed by atoms with Crippen LogP contribution in [0.2, 0.25) is 0 Å². The molecule has 0 aliphatic heterocycles. The molecule has 3 heterocycles.